The second-order valence-corrected chi connectivity index (χ2v) is 10.8. The van der Waals surface area contributed by atoms with Gasteiger partial charge in [0, 0.05) is 35.7 Å². The van der Waals surface area contributed by atoms with Crippen molar-refractivity contribution in [3.05, 3.63) is 45.7 Å². The lowest BCUT2D eigenvalue weighted by Crippen LogP contribution is -2.61. The monoisotopic (exact) mass is 515 g/mol. The fraction of sp³-hybridized carbons (Fsp3) is 0.520. The van der Waals surface area contributed by atoms with Crippen LogP contribution in [0.4, 0.5) is 5.82 Å². The summed E-state index contributed by atoms with van der Waals surface area (Å²) in [4.78, 5) is 27.0. The number of hydrogen-bond acceptors (Lipinski definition) is 6. The zero-order valence-corrected chi connectivity index (χ0v) is 21.9. The van der Waals surface area contributed by atoms with E-state index in [0.29, 0.717) is 35.3 Å². The van der Waals surface area contributed by atoms with Crippen molar-refractivity contribution >= 4 is 46.1 Å². The van der Waals surface area contributed by atoms with Gasteiger partial charge in [0.2, 0.25) is 5.91 Å². The Hall–Kier alpha value is -2.42. The van der Waals surface area contributed by atoms with Crippen LogP contribution in [0.2, 0.25) is 10.0 Å². The van der Waals surface area contributed by atoms with Gasteiger partial charge in [-0.25, -0.2) is 14.6 Å². The van der Waals surface area contributed by atoms with Crippen LogP contribution in [-0.4, -0.2) is 61.8 Å². The molecule has 0 radical (unpaired) electrons. The molecule has 1 saturated carbocycles. The average Bonchev–Trinajstić information content (AvgIpc) is 3.42. The van der Waals surface area contributed by atoms with E-state index < -0.39 is 5.54 Å². The molecule has 2 atom stereocenters. The number of rotatable bonds is 4. The molecule has 0 bridgehead atoms. The molecule has 35 heavy (non-hydrogen) atoms. The van der Waals surface area contributed by atoms with Crippen LogP contribution in [0.25, 0.3) is 11.2 Å². The zero-order chi connectivity index (χ0) is 24.9. The van der Waals surface area contributed by atoms with Crippen LogP contribution >= 0.6 is 23.2 Å². The lowest BCUT2D eigenvalue weighted by molar-refractivity contribution is -0.139. The number of nitrogens with zero attached hydrogens (tertiary/aromatic N) is 6. The van der Waals surface area contributed by atoms with Crippen molar-refractivity contribution in [1.29, 1.82) is 0 Å². The smallest absolute Gasteiger partial charge is 0.243 e. The molecule has 10 heteroatoms. The molecule has 5 rings (SSSR count). The van der Waals surface area contributed by atoms with E-state index in [-0.39, 0.29) is 18.0 Å². The molecule has 1 amide bonds. The van der Waals surface area contributed by atoms with E-state index in [1.54, 1.807) is 12.3 Å². The van der Waals surface area contributed by atoms with Crippen molar-refractivity contribution < 1.29 is 4.79 Å². The van der Waals surface area contributed by atoms with Crippen molar-refractivity contribution in [3.63, 3.8) is 0 Å². The maximum atomic E-state index is 13.2. The van der Waals surface area contributed by atoms with Gasteiger partial charge < -0.3 is 15.5 Å². The number of halogens is 2. The number of carbonyl (C=O) groups excluding carboxylic acids is 1. The molecule has 2 fully saturated rings. The summed E-state index contributed by atoms with van der Waals surface area (Å²) < 4.78 is 1.87. The van der Waals surface area contributed by atoms with Crippen LogP contribution in [0.1, 0.15) is 56.8 Å². The Morgan fingerprint density at radius 3 is 2.66 bits per heavy atom. The minimum Gasteiger partial charge on any atom is -0.351 e. The van der Waals surface area contributed by atoms with Crippen LogP contribution in [-0.2, 0) is 4.79 Å². The molecule has 2 aromatic heterocycles. The van der Waals surface area contributed by atoms with E-state index in [2.05, 4.69) is 11.8 Å². The molecule has 2 unspecified atom stereocenters. The summed E-state index contributed by atoms with van der Waals surface area (Å²) in [5.74, 6) is 0.862. The highest BCUT2D eigenvalue weighted by atomic mass is 35.5. The molecular formula is C25H31Cl2N7O. The first-order valence-electron chi connectivity index (χ1n) is 12.2. The van der Waals surface area contributed by atoms with Crippen molar-refractivity contribution in [2.24, 2.45) is 5.73 Å². The van der Waals surface area contributed by atoms with Crippen molar-refractivity contribution in [3.8, 4) is 0 Å². The molecular weight excluding hydrogens is 485 g/mol. The fourth-order valence-electron chi connectivity index (χ4n) is 5.41. The molecule has 186 valence electrons. The Balaban J connectivity index is 1.40. The van der Waals surface area contributed by atoms with Gasteiger partial charge in [-0.05, 0) is 51.3 Å². The normalized spacial score (nSPS) is 21.0. The maximum absolute atomic E-state index is 13.2. The summed E-state index contributed by atoms with van der Waals surface area (Å²) in [6.07, 6.45) is 5.41. The highest BCUT2D eigenvalue weighted by Crippen LogP contribution is 2.32. The van der Waals surface area contributed by atoms with Crippen LogP contribution in [0.5, 0.6) is 0 Å². The second kappa shape index (κ2) is 9.22. The van der Waals surface area contributed by atoms with Crippen molar-refractivity contribution in [1.82, 2.24) is 24.6 Å². The Kier molecular flexibility index (Phi) is 6.40. The van der Waals surface area contributed by atoms with E-state index in [1.807, 2.05) is 35.6 Å². The summed E-state index contributed by atoms with van der Waals surface area (Å²) >= 11 is 12.6. The van der Waals surface area contributed by atoms with Gasteiger partial charge in [0.15, 0.2) is 5.65 Å². The van der Waals surface area contributed by atoms with Gasteiger partial charge in [0.05, 0.1) is 23.5 Å². The van der Waals surface area contributed by atoms with Gasteiger partial charge in [-0.3, -0.25) is 4.79 Å². The van der Waals surface area contributed by atoms with Gasteiger partial charge in [0.1, 0.15) is 11.3 Å². The number of aryl methyl sites for hydroxylation is 1. The Labute approximate surface area is 215 Å². The zero-order valence-electron chi connectivity index (χ0n) is 20.3. The topological polar surface area (TPSA) is 93.2 Å². The highest BCUT2D eigenvalue weighted by Gasteiger charge is 2.42. The van der Waals surface area contributed by atoms with Gasteiger partial charge in [-0.2, -0.15) is 5.10 Å². The van der Waals surface area contributed by atoms with E-state index in [4.69, 9.17) is 44.0 Å². The standard InChI is InChI=1S/C25H31Cl2N7O/c1-15-14-32(10-11-33(15)24(35)25(28)8-4-5-9-25)21-13-29-22-16(2)31-34(23(22)30-21)17(3)19-7-6-18(26)12-20(19)27/h6-7,12-13,15,17H,4-5,8-11,14,28H2,1-3H3. The summed E-state index contributed by atoms with van der Waals surface area (Å²) in [7, 11) is 0. The van der Waals surface area contributed by atoms with E-state index >= 15 is 0 Å². The predicted molar refractivity (Wildman–Crippen MR) is 139 cm³/mol. The van der Waals surface area contributed by atoms with Crippen molar-refractivity contribution in [2.45, 2.75) is 64.1 Å². The van der Waals surface area contributed by atoms with Crippen molar-refractivity contribution in [2.75, 3.05) is 24.5 Å². The largest absolute Gasteiger partial charge is 0.351 e. The molecule has 3 heterocycles. The van der Waals surface area contributed by atoms with Gasteiger partial charge in [-0.15, -0.1) is 0 Å². The molecule has 1 saturated heterocycles. The third-order valence-electron chi connectivity index (χ3n) is 7.47. The van der Waals surface area contributed by atoms with Crippen LogP contribution in [0, 0.1) is 6.92 Å². The minimum atomic E-state index is -0.696. The van der Waals surface area contributed by atoms with Crippen LogP contribution in [0.3, 0.4) is 0 Å². The predicted octanol–water partition coefficient (Wildman–Crippen LogP) is 4.36. The van der Waals surface area contributed by atoms with Crippen LogP contribution < -0.4 is 10.6 Å². The minimum absolute atomic E-state index is 0.0354. The number of piperazine rings is 1. The number of hydrogen-bond donors (Lipinski definition) is 1. The maximum Gasteiger partial charge on any atom is 0.243 e. The van der Waals surface area contributed by atoms with Gasteiger partial charge in [0.25, 0.3) is 0 Å². The summed E-state index contributed by atoms with van der Waals surface area (Å²) in [6.45, 7) is 8.02. The van der Waals surface area contributed by atoms with Crippen LogP contribution in [0.15, 0.2) is 24.4 Å². The summed E-state index contributed by atoms with van der Waals surface area (Å²) in [5.41, 5.74) is 8.96. The number of amides is 1. The lowest BCUT2D eigenvalue weighted by Gasteiger charge is -2.43. The molecule has 1 aromatic carbocycles. The number of benzene rings is 1. The molecule has 1 aliphatic heterocycles. The SMILES string of the molecule is Cc1nn(C(C)c2ccc(Cl)cc2Cl)c2nc(N3CCN(C(=O)C4(N)CCCC4)C(C)C3)cnc12. The number of carbonyl (C=O) groups is 1. The first-order chi connectivity index (χ1) is 16.7. The highest BCUT2D eigenvalue weighted by molar-refractivity contribution is 6.35. The average molecular weight is 516 g/mol. The lowest BCUT2D eigenvalue weighted by atomic mass is 9.95. The van der Waals surface area contributed by atoms with E-state index in [1.165, 1.54) is 0 Å². The number of nitrogens with two attached hydrogens (primary N) is 1. The van der Waals surface area contributed by atoms with Gasteiger partial charge >= 0.3 is 0 Å². The quantitative estimate of drug-likeness (QED) is 0.554. The molecule has 2 N–H and O–H groups in total. The number of anilines is 1. The molecule has 1 aliphatic carbocycles. The Bertz CT molecular complexity index is 1270. The third-order valence-corrected chi connectivity index (χ3v) is 8.03. The number of aromatic nitrogens is 4. The molecule has 3 aromatic rings. The Morgan fingerprint density at radius 1 is 1.23 bits per heavy atom. The fourth-order valence-corrected chi connectivity index (χ4v) is 5.98. The summed E-state index contributed by atoms with van der Waals surface area (Å²) in [6, 6.07) is 5.37. The molecule has 8 nitrogen and oxygen atoms in total. The first-order valence-corrected chi connectivity index (χ1v) is 13.0. The van der Waals surface area contributed by atoms with Gasteiger partial charge in [-0.1, -0.05) is 42.1 Å². The second-order valence-electron chi connectivity index (χ2n) is 9.93. The number of fused-ring (bicyclic) bond motifs is 1. The van der Waals surface area contributed by atoms with E-state index in [9.17, 15) is 4.79 Å². The van der Waals surface area contributed by atoms with E-state index in [0.717, 1.165) is 48.3 Å². The third kappa shape index (κ3) is 4.36. The molecule has 0 spiro atoms. The Morgan fingerprint density at radius 2 is 1.97 bits per heavy atom. The molecule has 2 aliphatic rings. The summed E-state index contributed by atoms with van der Waals surface area (Å²) in [5, 5.41) is 5.91. The first kappa shape index (κ1) is 24.3.